The van der Waals surface area contributed by atoms with Gasteiger partial charge in [-0.25, -0.2) is 0 Å². The van der Waals surface area contributed by atoms with Gasteiger partial charge in [0.15, 0.2) is 0 Å². The molecule has 0 aromatic heterocycles. The molecule has 3 heteroatoms. The van der Waals surface area contributed by atoms with Crippen LogP contribution in [-0.2, 0) is 0 Å². The zero-order valence-electron chi connectivity index (χ0n) is 4.84. The maximum absolute atomic E-state index is 8.25. The number of nitrogens with zero attached hydrogens (tertiary/aromatic N) is 1. The van der Waals surface area contributed by atoms with Gasteiger partial charge < -0.3 is 0 Å². The molecule has 0 N–H and O–H groups in total. The minimum absolute atomic E-state index is 0.00694. The molecule has 0 bridgehead atoms. The minimum atomic E-state index is 0.00694. The Balaban J connectivity index is 3.43. The van der Waals surface area contributed by atoms with Crippen LogP contribution in [-0.4, -0.2) is 9.45 Å². The third-order valence-corrected chi connectivity index (χ3v) is 1.60. The molecule has 1 nitrogen and oxygen atoms in total. The van der Waals surface area contributed by atoms with Crippen LogP contribution in [0.1, 0.15) is 13.8 Å². The third-order valence-electron chi connectivity index (χ3n) is 0.525. The molecule has 0 spiro atoms. The summed E-state index contributed by atoms with van der Waals surface area (Å²) in [4.78, 5) is 0. The van der Waals surface area contributed by atoms with Crippen LogP contribution in [0.2, 0.25) is 0 Å². The number of hydrogen-bond donors (Lipinski definition) is 0. The van der Waals surface area contributed by atoms with Gasteiger partial charge in [0, 0.05) is 4.20 Å². The van der Waals surface area contributed by atoms with Gasteiger partial charge in [-0.1, -0.05) is 12.2 Å². The summed E-state index contributed by atoms with van der Waals surface area (Å²) in [6.45, 7) is 3.66. The van der Waals surface area contributed by atoms with E-state index in [-0.39, 0.29) is 5.25 Å². The summed E-state index contributed by atoms with van der Waals surface area (Å²) in [6, 6.07) is 2.07. The Bertz CT molecular complexity index is 125. The smallest absolute Gasteiger partial charge is 0.0940 e. The van der Waals surface area contributed by atoms with Crippen molar-refractivity contribution in [3.8, 4) is 6.07 Å². The van der Waals surface area contributed by atoms with E-state index in [1.807, 2.05) is 13.8 Å². The second kappa shape index (κ2) is 3.88. The van der Waals surface area contributed by atoms with Crippen molar-refractivity contribution in [1.29, 1.82) is 5.26 Å². The molecule has 0 fully saturated rings. The summed E-state index contributed by atoms with van der Waals surface area (Å²) < 4.78 is 0.832. The molecule has 0 aromatic rings. The number of rotatable bonds is 1. The molecule has 0 aliphatic rings. The van der Waals surface area contributed by atoms with Gasteiger partial charge in [-0.05, 0) is 13.8 Å². The Labute approximate surface area is 59.1 Å². The first-order chi connectivity index (χ1) is 3.66. The van der Waals surface area contributed by atoms with E-state index in [0.29, 0.717) is 0 Å². The maximum Gasteiger partial charge on any atom is 0.0940 e. The summed E-state index contributed by atoms with van der Waals surface area (Å²) in [7, 11) is 0. The van der Waals surface area contributed by atoms with Crippen molar-refractivity contribution in [3.63, 3.8) is 0 Å². The summed E-state index contributed by atoms with van der Waals surface area (Å²) in [5, 5.41) is 8.26. The van der Waals surface area contributed by atoms with Gasteiger partial charge in [0.25, 0.3) is 0 Å². The summed E-state index contributed by atoms with van der Waals surface area (Å²) in [6.07, 6.45) is 0. The second-order valence-corrected chi connectivity index (χ2v) is 3.81. The van der Waals surface area contributed by atoms with Gasteiger partial charge >= 0.3 is 0 Å². The van der Waals surface area contributed by atoms with E-state index >= 15 is 0 Å². The topological polar surface area (TPSA) is 23.8 Å². The SMILES string of the molecule is CC(=S)SC(C)C#N. The summed E-state index contributed by atoms with van der Waals surface area (Å²) >= 11 is 6.17. The molecule has 0 aliphatic heterocycles. The number of nitriles is 1. The van der Waals surface area contributed by atoms with E-state index in [1.54, 1.807) is 0 Å². The predicted octanol–water partition coefficient (Wildman–Crippen LogP) is 1.98. The highest BCUT2D eigenvalue weighted by atomic mass is 32.2. The van der Waals surface area contributed by atoms with Crippen LogP contribution in [0.5, 0.6) is 0 Å². The van der Waals surface area contributed by atoms with Crippen molar-refractivity contribution in [1.82, 2.24) is 0 Å². The Morgan fingerprint density at radius 1 is 1.88 bits per heavy atom. The van der Waals surface area contributed by atoms with Gasteiger partial charge in [0.2, 0.25) is 0 Å². The standard InChI is InChI=1S/C5H7NS2/c1-4(3-6)8-5(2)7/h4H,1-2H3. The van der Waals surface area contributed by atoms with Crippen LogP contribution in [0.15, 0.2) is 0 Å². The monoisotopic (exact) mass is 145 g/mol. The Morgan fingerprint density at radius 2 is 2.38 bits per heavy atom. The van der Waals surface area contributed by atoms with E-state index in [1.165, 1.54) is 11.8 Å². The zero-order valence-corrected chi connectivity index (χ0v) is 6.47. The number of thiocarbonyl (C=S) groups is 1. The van der Waals surface area contributed by atoms with E-state index in [9.17, 15) is 0 Å². The van der Waals surface area contributed by atoms with Crippen LogP contribution in [0.4, 0.5) is 0 Å². The van der Waals surface area contributed by atoms with E-state index < -0.39 is 0 Å². The van der Waals surface area contributed by atoms with Gasteiger partial charge in [-0.2, -0.15) is 5.26 Å². The van der Waals surface area contributed by atoms with Crippen molar-refractivity contribution >= 4 is 28.2 Å². The van der Waals surface area contributed by atoms with Gasteiger partial charge in [-0.15, -0.1) is 11.8 Å². The molecule has 0 amide bonds. The zero-order chi connectivity index (χ0) is 6.57. The highest BCUT2D eigenvalue weighted by Crippen LogP contribution is 2.10. The molecular weight excluding hydrogens is 138 g/mol. The summed E-state index contributed by atoms with van der Waals surface area (Å²) in [5.74, 6) is 0. The van der Waals surface area contributed by atoms with Crippen LogP contribution < -0.4 is 0 Å². The molecule has 44 valence electrons. The first kappa shape index (κ1) is 7.93. The lowest BCUT2D eigenvalue weighted by Crippen LogP contribution is -1.92. The maximum atomic E-state index is 8.25. The van der Waals surface area contributed by atoms with Crippen LogP contribution in [0.25, 0.3) is 0 Å². The first-order valence-electron chi connectivity index (χ1n) is 2.23. The van der Waals surface area contributed by atoms with Crippen LogP contribution in [0, 0.1) is 11.3 Å². The largest absolute Gasteiger partial charge is 0.197 e. The van der Waals surface area contributed by atoms with Crippen molar-refractivity contribution < 1.29 is 0 Å². The highest BCUT2D eigenvalue weighted by Gasteiger charge is 1.98. The fourth-order valence-corrected chi connectivity index (χ4v) is 1.26. The lowest BCUT2D eigenvalue weighted by atomic mass is 10.5. The van der Waals surface area contributed by atoms with Gasteiger partial charge in [0.1, 0.15) is 0 Å². The Kier molecular flexibility index (Phi) is 3.84. The number of hydrogen-bond acceptors (Lipinski definition) is 3. The lowest BCUT2D eigenvalue weighted by molar-refractivity contribution is 1.25. The van der Waals surface area contributed by atoms with Crippen LogP contribution in [0.3, 0.4) is 0 Å². The third kappa shape index (κ3) is 4.10. The molecule has 0 aromatic carbocycles. The fraction of sp³-hybridized carbons (Fsp3) is 0.600. The molecule has 0 aliphatic carbocycles. The van der Waals surface area contributed by atoms with Gasteiger partial charge in [-0.3, -0.25) is 0 Å². The van der Waals surface area contributed by atoms with E-state index in [4.69, 9.17) is 17.5 Å². The Hall–Kier alpha value is -0.0700. The van der Waals surface area contributed by atoms with Crippen LogP contribution >= 0.6 is 24.0 Å². The van der Waals surface area contributed by atoms with Gasteiger partial charge in [0.05, 0.1) is 11.3 Å². The van der Waals surface area contributed by atoms with Crippen molar-refractivity contribution in [3.05, 3.63) is 0 Å². The fourth-order valence-electron chi connectivity index (χ4n) is 0.275. The Morgan fingerprint density at radius 3 is 2.50 bits per heavy atom. The van der Waals surface area contributed by atoms with Crippen molar-refractivity contribution in [2.24, 2.45) is 0 Å². The summed E-state index contributed by atoms with van der Waals surface area (Å²) in [5.41, 5.74) is 0. The molecule has 8 heavy (non-hydrogen) atoms. The lowest BCUT2D eigenvalue weighted by Gasteiger charge is -1.95. The molecule has 0 saturated carbocycles. The van der Waals surface area contributed by atoms with Crippen molar-refractivity contribution in [2.45, 2.75) is 19.1 Å². The molecule has 0 rings (SSSR count). The van der Waals surface area contributed by atoms with Crippen molar-refractivity contribution in [2.75, 3.05) is 0 Å². The normalized spacial score (nSPS) is 12.1. The second-order valence-electron chi connectivity index (χ2n) is 1.38. The predicted molar refractivity (Wildman–Crippen MR) is 40.9 cm³/mol. The van der Waals surface area contributed by atoms with E-state index in [0.717, 1.165) is 4.20 Å². The average Bonchev–Trinajstić information content (AvgIpc) is 1.65. The van der Waals surface area contributed by atoms with E-state index in [2.05, 4.69) is 6.07 Å². The first-order valence-corrected chi connectivity index (χ1v) is 3.52. The quantitative estimate of drug-likeness (QED) is 0.527. The average molecular weight is 145 g/mol. The molecule has 0 heterocycles. The minimum Gasteiger partial charge on any atom is -0.197 e. The molecule has 1 unspecified atom stereocenters. The molecule has 0 radical (unpaired) electrons. The molecule has 0 saturated heterocycles. The molecular formula is C5H7NS2. The number of thioether (sulfide) groups is 1. The highest BCUT2D eigenvalue weighted by molar-refractivity contribution is 8.23. The molecule has 1 atom stereocenters.